The lowest BCUT2D eigenvalue weighted by Gasteiger charge is -2.20. The molecule has 0 radical (unpaired) electrons. The van der Waals surface area contributed by atoms with Crippen LogP contribution in [0.3, 0.4) is 0 Å². The van der Waals surface area contributed by atoms with Crippen molar-refractivity contribution in [1.29, 1.82) is 0 Å². The fourth-order valence-corrected chi connectivity index (χ4v) is 1.65. The minimum atomic E-state index is 0.415. The number of rotatable bonds is 4. The van der Waals surface area contributed by atoms with Gasteiger partial charge in [0.15, 0.2) is 6.26 Å². The molecule has 2 rings (SSSR count). The zero-order chi connectivity index (χ0) is 11.2. The third-order valence-corrected chi connectivity index (χ3v) is 2.33. The second-order valence-corrected chi connectivity index (χ2v) is 3.63. The van der Waals surface area contributed by atoms with Gasteiger partial charge >= 0.3 is 0 Å². The summed E-state index contributed by atoms with van der Waals surface area (Å²) >= 11 is 0. The van der Waals surface area contributed by atoms with Gasteiger partial charge in [0.05, 0.1) is 6.61 Å². The zero-order valence-corrected chi connectivity index (χ0v) is 9.18. The van der Waals surface area contributed by atoms with E-state index in [0.717, 1.165) is 18.7 Å². The monoisotopic (exact) mass is 221 g/mol. The first-order chi connectivity index (χ1) is 7.88. The van der Waals surface area contributed by atoms with Gasteiger partial charge in [-0.3, -0.25) is 0 Å². The Kier molecular flexibility index (Phi) is 3.66. The van der Waals surface area contributed by atoms with E-state index in [0.29, 0.717) is 11.8 Å². The molecule has 1 heterocycles. The van der Waals surface area contributed by atoms with Crippen LogP contribution in [0.25, 0.3) is 0 Å². The average molecular weight is 221 g/mol. The third-order valence-electron chi connectivity index (χ3n) is 2.33. The first kappa shape index (κ1) is 10.8. The van der Waals surface area contributed by atoms with Crippen molar-refractivity contribution in [3.05, 3.63) is 48.6 Å². The molecule has 4 heteroatoms. The normalized spacial score (nSPS) is 22.9. The predicted octanol–water partition coefficient (Wildman–Crippen LogP) is 2.00. The van der Waals surface area contributed by atoms with Gasteiger partial charge in [-0.05, 0) is 12.5 Å². The summed E-state index contributed by atoms with van der Waals surface area (Å²) in [6.07, 6.45) is 11.6. The van der Waals surface area contributed by atoms with E-state index < -0.39 is 0 Å². The number of hydrogen-bond donors (Lipinski definition) is 1. The Bertz CT molecular complexity index is 355. The van der Waals surface area contributed by atoms with Crippen molar-refractivity contribution in [2.45, 2.75) is 6.42 Å². The Morgan fingerprint density at radius 3 is 3.19 bits per heavy atom. The highest BCUT2D eigenvalue weighted by Crippen LogP contribution is 2.18. The second-order valence-electron chi connectivity index (χ2n) is 3.63. The highest BCUT2D eigenvalue weighted by molar-refractivity contribution is 5.21. The maximum Gasteiger partial charge on any atom is 0.232 e. The highest BCUT2D eigenvalue weighted by atomic mass is 16.5. The maximum atomic E-state index is 5.22. The summed E-state index contributed by atoms with van der Waals surface area (Å²) in [6, 6.07) is 0. The van der Waals surface area contributed by atoms with Crippen LogP contribution in [0.4, 0.5) is 0 Å². The minimum Gasteiger partial charge on any atom is -0.464 e. The van der Waals surface area contributed by atoms with E-state index in [4.69, 9.17) is 14.2 Å². The number of allylic oxidation sites excluding steroid dienone is 3. The van der Waals surface area contributed by atoms with Crippen LogP contribution in [0, 0.1) is 5.92 Å². The van der Waals surface area contributed by atoms with Crippen LogP contribution in [0.1, 0.15) is 6.42 Å². The Morgan fingerprint density at radius 2 is 2.44 bits per heavy atom. The molecule has 0 bridgehead atoms. The molecular weight excluding hydrogens is 206 g/mol. The van der Waals surface area contributed by atoms with Crippen LogP contribution < -0.4 is 5.32 Å². The van der Waals surface area contributed by atoms with E-state index in [1.165, 1.54) is 18.8 Å². The van der Waals surface area contributed by atoms with Crippen LogP contribution in [-0.2, 0) is 14.2 Å². The van der Waals surface area contributed by atoms with Crippen molar-refractivity contribution in [2.75, 3.05) is 13.7 Å². The first-order valence-electron chi connectivity index (χ1n) is 5.19. The van der Waals surface area contributed by atoms with Crippen LogP contribution in [0.2, 0.25) is 0 Å². The molecule has 1 aliphatic carbocycles. The number of ether oxygens (including phenoxy) is 3. The van der Waals surface area contributed by atoms with E-state index in [2.05, 4.69) is 11.4 Å². The Labute approximate surface area is 94.9 Å². The molecule has 2 aliphatic rings. The average Bonchev–Trinajstić information content (AvgIpc) is 2.31. The van der Waals surface area contributed by atoms with Crippen LogP contribution >= 0.6 is 0 Å². The molecule has 1 unspecified atom stereocenters. The molecular formula is C12H15NO3. The largest absolute Gasteiger partial charge is 0.464 e. The molecule has 0 amide bonds. The van der Waals surface area contributed by atoms with Gasteiger partial charge < -0.3 is 19.5 Å². The molecule has 86 valence electrons. The van der Waals surface area contributed by atoms with E-state index in [-0.39, 0.29) is 0 Å². The van der Waals surface area contributed by atoms with Gasteiger partial charge in [0, 0.05) is 18.7 Å². The van der Waals surface area contributed by atoms with E-state index >= 15 is 0 Å². The number of hydrogen-bond acceptors (Lipinski definition) is 4. The molecule has 1 aliphatic heterocycles. The van der Waals surface area contributed by atoms with Crippen molar-refractivity contribution in [3.63, 3.8) is 0 Å². The molecule has 1 N–H and O–H groups in total. The summed E-state index contributed by atoms with van der Waals surface area (Å²) in [4.78, 5) is 0. The lowest BCUT2D eigenvalue weighted by molar-refractivity contribution is 0.168. The molecule has 0 saturated carbocycles. The van der Waals surface area contributed by atoms with Crippen molar-refractivity contribution in [3.8, 4) is 0 Å². The van der Waals surface area contributed by atoms with Gasteiger partial charge in [0.1, 0.15) is 12.5 Å². The molecule has 0 saturated heterocycles. The van der Waals surface area contributed by atoms with Crippen molar-refractivity contribution >= 4 is 0 Å². The van der Waals surface area contributed by atoms with Gasteiger partial charge in [-0.15, -0.1) is 0 Å². The van der Waals surface area contributed by atoms with Gasteiger partial charge in [-0.25, -0.2) is 0 Å². The fourth-order valence-electron chi connectivity index (χ4n) is 1.65. The van der Waals surface area contributed by atoms with E-state index in [1.54, 1.807) is 7.11 Å². The number of methoxy groups -OCH3 is 1. The first-order valence-corrected chi connectivity index (χ1v) is 5.19. The van der Waals surface area contributed by atoms with Crippen molar-refractivity contribution < 1.29 is 14.2 Å². The second kappa shape index (κ2) is 5.42. The standard InChI is InChI=1S/C12H15NO3/c1-14-8-10-3-2-4-11(7-10)13-12-9-15-5-6-16-12/h2-6,9-10,13H,7-8H2,1H3. The minimum absolute atomic E-state index is 0.415. The van der Waals surface area contributed by atoms with E-state index in [9.17, 15) is 0 Å². The molecule has 0 fully saturated rings. The summed E-state index contributed by atoms with van der Waals surface area (Å²) in [5.41, 5.74) is 1.09. The highest BCUT2D eigenvalue weighted by Gasteiger charge is 2.13. The topological polar surface area (TPSA) is 39.7 Å². The lowest BCUT2D eigenvalue weighted by Crippen LogP contribution is -2.20. The van der Waals surface area contributed by atoms with E-state index in [1.807, 2.05) is 12.2 Å². The molecule has 0 aromatic heterocycles. The SMILES string of the molecule is COCC1C=CC=C(NC2=COC=CO2)C1. The van der Waals surface area contributed by atoms with Gasteiger partial charge in [-0.2, -0.15) is 0 Å². The van der Waals surface area contributed by atoms with Gasteiger partial charge in [0.25, 0.3) is 0 Å². The Hall–Kier alpha value is -1.68. The van der Waals surface area contributed by atoms with Gasteiger partial charge in [0.2, 0.25) is 5.88 Å². The predicted molar refractivity (Wildman–Crippen MR) is 59.7 cm³/mol. The van der Waals surface area contributed by atoms with Crippen LogP contribution in [-0.4, -0.2) is 13.7 Å². The third kappa shape index (κ3) is 2.90. The zero-order valence-electron chi connectivity index (χ0n) is 9.18. The molecule has 0 spiro atoms. The fraction of sp³-hybridized carbons (Fsp3) is 0.333. The summed E-state index contributed by atoms with van der Waals surface area (Å²) in [5.74, 6) is 1.01. The van der Waals surface area contributed by atoms with Crippen molar-refractivity contribution in [2.24, 2.45) is 5.92 Å². The molecule has 4 nitrogen and oxygen atoms in total. The smallest absolute Gasteiger partial charge is 0.232 e. The quantitative estimate of drug-likeness (QED) is 0.788. The Morgan fingerprint density at radius 1 is 1.50 bits per heavy atom. The maximum absolute atomic E-state index is 5.22. The Balaban J connectivity index is 1.88. The summed E-state index contributed by atoms with van der Waals surface area (Å²) in [5, 5.41) is 3.16. The van der Waals surface area contributed by atoms with Gasteiger partial charge in [-0.1, -0.05) is 12.2 Å². The summed E-state index contributed by atoms with van der Waals surface area (Å²) in [6.45, 7) is 0.728. The van der Waals surface area contributed by atoms with Crippen LogP contribution in [0.5, 0.6) is 0 Å². The molecule has 0 aromatic rings. The molecule has 16 heavy (non-hydrogen) atoms. The molecule has 1 atom stereocenters. The van der Waals surface area contributed by atoms with Crippen LogP contribution in [0.15, 0.2) is 48.6 Å². The number of nitrogens with one attached hydrogen (secondary N) is 1. The lowest BCUT2D eigenvalue weighted by atomic mass is 9.99. The summed E-state index contributed by atoms with van der Waals surface area (Å²) < 4.78 is 15.4. The summed E-state index contributed by atoms with van der Waals surface area (Å²) in [7, 11) is 1.71. The molecule has 0 aromatic carbocycles. The van der Waals surface area contributed by atoms with Crippen molar-refractivity contribution in [1.82, 2.24) is 5.32 Å².